The number of nitrogens with one attached hydrogen (secondary N) is 2. The van der Waals surface area contributed by atoms with Crippen LogP contribution in [-0.2, 0) is 21.5 Å². The summed E-state index contributed by atoms with van der Waals surface area (Å²) in [6, 6.07) is 13.6. The number of hydrogen-bond acceptors (Lipinski definition) is 4. The first-order chi connectivity index (χ1) is 15.9. The monoisotopic (exact) mass is 447 g/mol. The van der Waals surface area contributed by atoms with E-state index in [1.54, 1.807) is 24.3 Å². The lowest BCUT2D eigenvalue weighted by Gasteiger charge is -2.33. The van der Waals surface area contributed by atoms with Crippen LogP contribution in [0.5, 0.6) is 0 Å². The van der Waals surface area contributed by atoms with Crippen LogP contribution < -0.4 is 10.6 Å². The highest BCUT2D eigenvalue weighted by molar-refractivity contribution is 6.11. The first-order valence-electron chi connectivity index (χ1n) is 11.6. The van der Waals surface area contributed by atoms with Crippen LogP contribution in [0, 0.1) is 0 Å². The fourth-order valence-corrected chi connectivity index (χ4v) is 4.69. The number of aryl methyl sites for hydroxylation is 1. The molecule has 1 aliphatic carbocycles. The van der Waals surface area contributed by atoms with Crippen LogP contribution in [0.4, 0.5) is 10.5 Å². The molecule has 1 spiro atoms. The average molecular weight is 448 g/mol. The zero-order valence-electron chi connectivity index (χ0n) is 18.9. The Hall–Kier alpha value is -3.48. The number of Topliss-reactive ketones (excluding diaryl/α,β-unsaturated/α-hetero) is 1. The van der Waals surface area contributed by atoms with Crippen LogP contribution in [0.25, 0.3) is 0 Å². The molecule has 7 heteroatoms. The summed E-state index contributed by atoms with van der Waals surface area (Å²) < 4.78 is 0. The van der Waals surface area contributed by atoms with Crippen molar-refractivity contribution in [1.82, 2.24) is 10.2 Å². The fourth-order valence-electron chi connectivity index (χ4n) is 4.69. The van der Waals surface area contributed by atoms with Gasteiger partial charge < -0.3 is 10.6 Å². The topological polar surface area (TPSA) is 95.6 Å². The molecule has 1 atom stereocenters. The van der Waals surface area contributed by atoms with Gasteiger partial charge in [-0.25, -0.2) is 4.79 Å². The number of urea groups is 1. The third-order valence-corrected chi connectivity index (χ3v) is 6.45. The largest absolute Gasteiger partial charge is 0.326 e. The fraction of sp³-hybridized carbons (Fsp3) is 0.385. The zero-order chi connectivity index (χ0) is 23.4. The number of rotatable bonds is 8. The van der Waals surface area contributed by atoms with Gasteiger partial charge in [0.05, 0.1) is 6.54 Å². The van der Waals surface area contributed by atoms with Crippen molar-refractivity contribution in [3.8, 4) is 0 Å². The molecule has 4 amide bonds. The highest BCUT2D eigenvalue weighted by atomic mass is 16.2. The molecule has 33 heavy (non-hydrogen) atoms. The van der Waals surface area contributed by atoms with Gasteiger partial charge in [0.1, 0.15) is 5.54 Å². The van der Waals surface area contributed by atoms with Gasteiger partial charge in [-0.1, -0.05) is 44.0 Å². The molecule has 4 rings (SSSR count). The van der Waals surface area contributed by atoms with Crippen molar-refractivity contribution in [2.45, 2.75) is 57.4 Å². The van der Waals surface area contributed by atoms with Crippen LogP contribution in [0.15, 0.2) is 48.5 Å². The number of anilines is 1. The number of carbonyl (C=O) groups is 4. The van der Waals surface area contributed by atoms with E-state index in [0.29, 0.717) is 24.1 Å². The Labute approximate surface area is 193 Å². The Balaban J connectivity index is 1.42. The molecule has 1 heterocycles. The van der Waals surface area contributed by atoms with Gasteiger partial charge >= 0.3 is 6.03 Å². The van der Waals surface area contributed by atoms with Crippen LogP contribution in [0.3, 0.4) is 0 Å². The van der Waals surface area contributed by atoms with Gasteiger partial charge in [0.15, 0.2) is 5.78 Å². The SMILES string of the molecule is CCCCCC(=O)Nc1ccc(C(=O)CN2C(=O)NC3(CCCc4ccccc43)C2=O)cc1. The Morgan fingerprint density at radius 2 is 1.82 bits per heavy atom. The molecule has 0 radical (unpaired) electrons. The van der Waals surface area contributed by atoms with Gasteiger partial charge in [-0.15, -0.1) is 0 Å². The minimum Gasteiger partial charge on any atom is -0.326 e. The normalized spacial score (nSPS) is 19.4. The van der Waals surface area contributed by atoms with Gasteiger partial charge in [-0.3, -0.25) is 19.3 Å². The molecule has 1 fully saturated rings. The number of unbranched alkanes of at least 4 members (excludes halogenated alkanes) is 2. The van der Waals surface area contributed by atoms with Crippen LogP contribution in [0.1, 0.15) is 66.9 Å². The highest BCUT2D eigenvalue weighted by Crippen LogP contribution is 2.39. The molecule has 7 nitrogen and oxygen atoms in total. The van der Waals surface area contributed by atoms with Gasteiger partial charge in [-0.05, 0) is 61.1 Å². The van der Waals surface area contributed by atoms with Crippen molar-refractivity contribution < 1.29 is 19.2 Å². The number of ketones is 1. The molecule has 0 saturated carbocycles. The van der Waals surface area contributed by atoms with E-state index in [1.165, 1.54) is 0 Å². The Bertz CT molecular complexity index is 1080. The summed E-state index contributed by atoms with van der Waals surface area (Å²) in [5, 5.41) is 5.70. The number of benzene rings is 2. The Morgan fingerprint density at radius 1 is 1.06 bits per heavy atom. The predicted molar refractivity (Wildman–Crippen MR) is 125 cm³/mol. The summed E-state index contributed by atoms with van der Waals surface area (Å²) >= 11 is 0. The predicted octanol–water partition coefficient (Wildman–Crippen LogP) is 4.17. The van der Waals surface area contributed by atoms with Gasteiger partial charge in [0, 0.05) is 17.7 Å². The Morgan fingerprint density at radius 3 is 2.58 bits per heavy atom. The van der Waals surface area contributed by atoms with E-state index in [2.05, 4.69) is 17.6 Å². The minimum atomic E-state index is -1.09. The molecular weight excluding hydrogens is 418 g/mol. The summed E-state index contributed by atoms with van der Waals surface area (Å²) in [6.07, 6.45) is 5.54. The number of carbonyl (C=O) groups excluding carboxylic acids is 4. The van der Waals surface area contributed by atoms with Crippen LogP contribution >= 0.6 is 0 Å². The van der Waals surface area contributed by atoms with E-state index in [0.717, 1.165) is 48.1 Å². The molecule has 0 bridgehead atoms. The third-order valence-electron chi connectivity index (χ3n) is 6.45. The molecule has 1 unspecified atom stereocenters. The van der Waals surface area contributed by atoms with Crippen molar-refractivity contribution in [3.05, 3.63) is 65.2 Å². The molecule has 2 aliphatic rings. The second-order valence-corrected chi connectivity index (χ2v) is 8.74. The van der Waals surface area contributed by atoms with Crippen molar-refractivity contribution in [3.63, 3.8) is 0 Å². The van der Waals surface area contributed by atoms with E-state index >= 15 is 0 Å². The van der Waals surface area contributed by atoms with Crippen LogP contribution in [0.2, 0.25) is 0 Å². The molecule has 1 aliphatic heterocycles. The standard InChI is InChI=1S/C26H29N3O4/c1-2-3-4-11-23(31)27-20-14-12-19(13-15-20)22(30)17-29-24(32)26(28-25(29)33)16-7-9-18-8-5-6-10-21(18)26/h5-6,8,10,12-15H,2-4,7,9,11,16-17H2,1H3,(H,27,31)(H,28,33). The lowest BCUT2D eigenvalue weighted by atomic mass is 9.76. The zero-order valence-corrected chi connectivity index (χ0v) is 18.9. The van der Waals surface area contributed by atoms with Crippen molar-refractivity contribution in [1.29, 1.82) is 0 Å². The number of fused-ring (bicyclic) bond motifs is 2. The van der Waals surface area contributed by atoms with Crippen molar-refractivity contribution >= 4 is 29.3 Å². The number of imide groups is 1. The number of hydrogen-bond donors (Lipinski definition) is 2. The quantitative estimate of drug-likeness (QED) is 0.361. The second-order valence-electron chi connectivity index (χ2n) is 8.74. The number of amides is 4. The van der Waals surface area contributed by atoms with Crippen molar-refractivity contribution in [2.75, 3.05) is 11.9 Å². The summed E-state index contributed by atoms with van der Waals surface area (Å²) in [5.74, 6) is -0.760. The maximum absolute atomic E-state index is 13.3. The molecule has 2 N–H and O–H groups in total. The lowest BCUT2D eigenvalue weighted by Crippen LogP contribution is -2.46. The average Bonchev–Trinajstić information content (AvgIpc) is 3.04. The van der Waals surface area contributed by atoms with Crippen molar-refractivity contribution in [2.24, 2.45) is 0 Å². The molecule has 2 aromatic rings. The lowest BCUT2D eigenvalue weighted by molar-refractivity contribution is -0.131. The third kappa shape index (κ3) is 4.53. The molecule has 0 aromatic heterocycles. The number of nitrogens with zero attached hydrogens (tertiary/aromatic N) is 1. The summed E-state index contributed by atoms with van der Waals surface area (Å²) in [6.45, 7) is 1.76. The van der Waals surface area contributed by atoms with Gasteiger partial charge in [-0.2, -0.15) is 0 Å². The summed E-state index contributed by atoms with van der Waals surface area (Å²) in [5.41, 5.74) is 1.78. The summed E-state index contributed by atoms with van der Waals surface area (Å²) in [7, 11) is 0. The molecule has 172 valence electrons. The molecule has 1 saturated heterocycles. The van der Waals surface area contributed by atoms with Crippen LogP contribution in [-0.4, -0.2) is 35.1 Å². The summed E-state index contributed by atoms with van der Waals surface area (Å²) in [4.78, 5) is 51.9. The van der Waals surface area contributed by atoms with E-state index in [1.807, 2.05) is 24.3 Å². The van der Waals surface area contributed by atoms with E-state index < -0.39 is 11.6 Å². The second kappa shape index (κ2) is 9.57. The Kier molecular flexibility index (Phi) is 6.58. The maximum atomic E-state index is 13.3. The minimum absolute atomic E-state index is 0.0556. The first kappa shape index (κ1) is 22.7. The van der Waals surface area contributed by atoms with E-state index in [4.69, 9.17) is 0 Å². The highest BCUT2D eigenvalue weighted by Gasteiger charge is 2.54. The maximum Gasteiger partial charge on any atom is 0.325 e. The van der Waals surface area contributed by atoms with E-state index in [9.17, 15) is 19.2 Å². The van der Waals surface area contributed by atoms with Gasteiger partial charge in [0.2, 0.25) is 5.91 Å². The molecule has 2 aromatic carbocycles. The van der Waals surface area contributed by atoms with Gasteiger partial charge in [0.25, 0.3) is 5.91 Å². The first-order valence-corrected chi connectivity index (χ1v) is 11.6. The smallest absolute Gasteiger partial charge is 0.325 e. The molecular formula is C26H29N3O4. The van der Waals surface area contributed by atoms with E-state index in [-0.39, 0.29) is 24.1 Å².